The number of nitrogens with one attached hydrogen (secondary N) is 3. The summed E-state index contributed by atoms with van der Waals surface area (Å²) in [5.41, 5.74) is 0. The van der Waals surface area contributed by atoms with E-state index in [1.807, 2.05) is 0 Å². The van der Waals surface area contributed by atoms with E-state index >= 15 is 0 Å². The van der Waals surface area contributed by atoms with E-state index in [2.05, 4.69) is 16.0 Å². The average Bonchev–Trinajstić information content (AvgIpc) is 2.38. The third-order valence-electron chi connectivity index (χ3n) is 2.47. The lowest BCUT2D eigenvalue weighted by atomic mass is 10.3. The standard InChI is InChI=1S/C10H18N4O3/c15-8-12-2-1-3-13-9(16)10(17)14-6-4-11-5-7-14/h8,11H,1-7H2,(H,12,15)(H,13,16). The molecule has 1 aliphatic heterocycles. The summed E-state index contributed by atoms with van der Waals surface area (Å²) in [4.78, 5) is 34.6. The smallest absolute Gasteiger partial charge is 0.311 e. The van der Waals surface area contributed by atoms with Crippen molar-refractivity contribution in [1.29, 1.82) is 0 Å². The Bertz CT molecular complexity index is 277. The highest BCUT2D eigenvalue weighted by molar-refractivity contribution is 6.35. The van der Waals surface area contributed by atoms with Crippen LogP contribution in [-0.4, -0.2) is 62.4 Å². The van der Waals surface area contributed by atoms with Crippen molar-refractivity contribution in [2.24, 2.45) is 0 Å². The van der Waals surface area contributed by atoms with Gasteiger partial charge >= 0.3 is 11.8 Å². The summed E-state index contributed by atoms with van der Waals surface area (Å²) in [7, 11) is 0. The highest BCUT2D eigenvalue weighted by Crippen LogP contribution is 1.93. The molecule has 1 rings (SSSR count). The molecule has 96 valence electrons. The number of hydrogen-bond donors (Lipinski definition) is 3. The summed E-state index contributed by atoms with van der Waals surface area (Å²) < 4.78 is 0. The maximum Gasteiger partial charge on any atom is 0.311 e. The SMILES string of the molecule is O=CNCCCNC(=O)C(=O)N1CCNCC1. The van der Waals surface area contributed by atoms with Crippen LogP contribution in [0.5, 0.6) is 0 Å². The molecule has 1 fully saturated rings. The molecule has 0 aromatic heterocycles. The summed E-state index contributed by atoms with van der Waals surface area (Å²) in [5.74, 6) is -1.05. The molecule has 0 aromatic rings. The molecule has 0 atom stereocenters. The van der Waals surface area contributed by atoms with Gasteiger partial charge in [-0.2, -0.15) is 0 Å². The molecule has 1 aliphatic rings. The first kappa shape index (κ1) is 13.4. The van der Waals surface area contributed by atoms with Crippen LogP contribution in [0, 0.1) is 0 Å². The molecule has 0 bridgehead atoms. The predicted molar refractivity (Wildman–Crippen MR) is 61.1 cm³/mol. The highest BCUT2D eigenvalue weighted by Gasteiger charge is 2.22. The van der Waals surface area contributed by atoms with Crippen LogP contribution in [0.25, 0.3) is 0 Å². The van der Waals surface area contributed by atoms with Crippen molar-refractivity contribution in [1.82, 2.24) is 20.9 Å². The van der Waals surface area contributed by atoms with Gasteiger partial charge in [-0.05, 0) is 6.42 Å². The van der Waals surface area contributed by atoms with Gasteiger partial charge in [-0.25, -0.2) is 0 Å². The van der Waals surface area contributed by atoms with Crippen LogP contribution in [0.4, 0.5) is 0 Å². The average molecular weight is 242 g/mol. The minimum absolute atomic E-state index is 0.386. The van der Waals surface area contributed by atoms with Gasteiger partial charge < -0.3 is 20.9 Å². The number of carbonyl (C=O) groups excluding carboxylic acids is 3. The maximum atomic E-state index is 11.6. The third-order valence-corrected chi connectivity index (χ3v) is 2.47. The molecular weight excluding hydrogens is 224 g/mol. The van der Waals surface area contributed by atoms with Crippen LogP contribution < -0.4 is 16.0 Å². The Morgan fingerprint density at radius 1 is 1.24 bits per heavy atom. The quantitative estimate of drug-likeness (QED) is 0.286. The van der Waals surface area contributed by atoms with E-state index in [0.29, 0.717) is 39.0 Å². The Kier molecular flexibility index (Phi) is 6.02. The molecular formula is C10H18N4O3. The van der Waals surface area contributed by atoms with E-state index in [4.69, 9.17) is 0 Å². The van der Waals surface area contributed by atoms with Gasteiger partial charge in [0.1, 0.15) is 0 Å². The number of amides is 3. The van der Waals surface area contributed by atoms with Crippen molar-refractivity contribution >= 4 is 18.2 Å². The van der Waals surface area contributed by atoms with E-state index in [9.17, 15) is 14.4 Å². The van der Waals surface area contributed by atoms with Crippen LogP contribution >= 0.6 is 0 Å². The molecule has 1 saturated heterocycles. The van der Waals surface area contributed by atoms with Crippen molar-refractivity contribution in [2.75, 3.05) is 39.3 Å². The molecule has 0 aromatic carbocycles. The molecule has 3 amide bonds. The molecule has 0 spiro atoms. The lowest BCUT2D eigenvalue weighted by Gasteiger charge is -2.26. The van der Waals surface area contributed by atoms with Crippen molar-refractivity contribution in [3.63, 3.8) is 0 Å². The van der Waals surface area contributed by atoms with Gasteiger partial charge in [0.15, 0.2) is 0 Å². The van der Waals surface area contributed by atoms with Gasteiger partial charge in [0.2, 0.25) is 6.41 Å². The molecule has 0 unspecified atom stereocenters. The Balaban J connectivity index is 2.17. The summed E-state index contributed by atoms with van der Waals surface area (Å²) >= 11 is 0. The largest absolute Gasteiger partial charge is 0.359 e. The first-order chi connectivity index (χ1) is 8.25. The van der Waals surface area contributed by atoms with Crippen molar-refractivity contribution in [3.05, 3.63) is 0 Å². The lowest BCUT2D eigenvalue weighted by molar-refractivity contribution is -0.146. The van der Waals surface area contributed by atoms with E-state index in [0.717, 1.165) is 13.1 Å². The Labute approximate surface area is 99.9 Å². The van der Waals surface area contributed by atoms with Gasteiger partial charge in [0, 0.05) is 39.3 Å². The number of hydrogen-bond acceptors (Lipinski definition) is 4. The fourth-order valence-electron chi connectivity index (χ4n) is 1.54. The van der Waals surface area contributed by atoms with Crippen LogP contribution in [0.2, 0.25) is 0 Å². The molecule has 7 heteroatoms. The molecule has 0 radical (unpaired) electrons. The molecule has 1 heterocycles. The zero-order valence-electron chi connectivity index (χ0n) is 9.70. The van der Waals surface area contributed by atoms with E-state index in [1.54, 1.807) is 0 Å². The lowest BCUT2D eigenvalue weighted by Crippen LogP contribution is -2.51. The van der Waals surface area contributed by atoms with Crippen molar-refractivity contribution in [3.8, 4) is 0 Å². The molecule has 17 heavy (non-hydrogen) atoms. The first-order valence-corrected chi connectivity index (χ1v) is 5.70. The minimum Gasteiger partial charge on any atom is -0.359 e. The summed E-state index contributed by atoms with van der Waals surface area (Å²) in [6.45, 7) is 3.46. The second-order valence-corrected chi connectivity index (χ2v) is 3.72. The fraction of sp³-hybridized carbons (Fsp3) is 0.700. The zero-order valence-corrected chi connectivity index (χ0v) is 9.70. The number of rotatable bonds is 5. The minimum atomic E-state index is -0.571. The van der Waals surface area contributed by atoms with Crippen LogP contribution in [-0.2, 0) is 14.4 Å². The van der Waals surface area contributed by atoms with Crippen LogP contribution in [0.1, 0.15) is 6.42 Å². The first-order valence-electron chi connectivity index (χ1n) is 5.70. The van der Waals surface area contributed by atoms with E-state index in [1.165, 1.54) is 4.90 Å². The van der Waals surface area contributed by atoms with Gasteiger partial charge in [-0.3, -0.25) is 14.4 Å². The van der Waals surface area contributed by atoms with Crippen molar-refractivity contribution in [2.45, 2.75) is 6.42 Å². The van der Waals surface area contributed by atoms with Crippen LogP contribution in [0.15, 0.2) is 0 Å². The number of piperazine rings is 1. The summed E-state index contributed by atoms with van der Waals surface area (Å²) in [5, 5.41) is 8.12. The Morgan fingerprint density at radius 2 is 1.94 bits per heavy atom. The Morgan fingerprint density at radius 3 is 2.59 bits per heavy atom. The summed E-state index contributed by atoms with van der Waals surface area (Å²) in [6, 6.07) is 0. The Hall–Kier alpha value is -1.63. The van der Waals surface area contributed by atoms with Gasteiger partial charge in [0.05, 0.1) is 0 Å². The van der Waals surface area contributed by atoms with Crippen molar-refractivity contribution < 1.29 is 14.4 Å². The van der Waals surface area contributed by atoms with Gasteiger partial charge in [-0.15, -0.1) is 0 Å². The topological polar surface area (TPSA) is 90.5 Å². The number of carbonyl (C=O) groups is 3. The van der Waals surface area contributed by atoms with Gasteiger partial charge in [-0.1, -0.05) is 0 Å². The van der Waals surface area contributed by atoms with E-state index in [-0.39, 0.29) is 0 Å². The monoisotopic (exact) mass is 242 g/mol. The molecule has 3 N–H and O–H groups in total. The number of nitrogens with zero attached hydrogens (tertiary/aromatic N) is 1. The predicted octanol–water partition coefficient (Wildman–Crippen LogP) is -2.33. The highest BCUT2D eigenvalue weighted by atomic mass is 16.2. The molecule has 0 aliphatic carbocycles. The van der Waals surface area contributed by atoms with Gasteiger partial charge in [0.25, 0.3) is 0 Å². The van der Waals surface area contributed by atoms with Crippen LogP contribution in [0.3, 0.4) is 0 Å². The normalized spacial score (nSPS) is 15.2. The maximum absolute atomic E-state index is 11.6. The zero-order chi connectivity index (χ0) is 12.5. The fourth-order valence-corrected chi connectivity index (χ4v) is 1.54. The molecule has 7 nitrogen and oxygen atoms in total. The summed E-state index contributed by atoms with van der Waals surface area (Å²) in [6.07, 6.45) is 1.22. The third kappa shape index (κ3) is 4.81. The second kappa shape index (κ2) is 7.61. The van der Waals surface area contributed by atoms with E-state index < -0.39 is 11.8 Å². The molecule has 0 saturated carbocycles. The second-order valence-electron chi connectivity index (χ2n) is 3.72.